The predicted octanol–water partition coefficient (Wildman–Crippen LogP) is 2.60. The van der Waals surface area contributed by atoms with Gasteiger partial charge in [-0.25, -0.2) is 4.98 Å². The number of benzene rings is 2. The largest absolute Gasteiger partial charge is 0.495 e. The zero-order valence-corrected chi connectivity index (χ0v) is 17.6. The van der Waals surface area contributed by atoms with E-state index < -0.39 is 0 Å². The Morgan fingerprint density at radius 1 is 1.09 bits per heavy atom. The minimum absolute atomic E-state index is 0.0127. The fourth-order valence-electron chi connectivity index (χ4n) is 2.94. The first-order chi connectivity index (χ1) is 15.5. The molecule has 0 spiro atoms. The number of nitriles is 1. The lowest BCUT2D eigenvalue weighted by Crippen LogP contribution is -2.20. The Morgan fingerprint density at radius 3 is 2.59 bits per heavy atom. The monoisotopic (exact) mass is 434 g/mol. The minimum atomic E-state index is -0.371. The average Bonchev–Trinajstić information content (AvgIpc) is 2.78. The summed E-state index contributed by atoms with van der Waals surface area (Å²) in [5.41, 5.74) is 12.9. The first-order valence-corrected chi connectivity index (χ1v) is 9.62. The molecule has 10 heteroatoms. The van der Waals surface area contributed by atoms with E-state index in [1.165, 1.54) is 7.11 Å². The van der Waals surface area contributed by atoms with Crippen LogP contribution in [0.3, 0.4) is 0 Å². The molecule has 32 heavy (non-hydrogen) atoms. The number of nitrogen functional groups attached to an aromatic ring is 2. The molecule has 0 fully saturated rings. The molecule has 0 aliphatic rings. The lowest BCUT2D eigenvalue weighted by atomic mass is 10.1. The molecular weight excluding hydrogens is 412 g/mol. The second-order valence-electron chi connectivity index (χ2n) is 6.43. The standard InChI is InChI=1S/C22H22N6O4/c1-3-31-18-10-13(20-14(11-23)21(24)28-22(25)27-20)8-9-17(18)32-12-19(29)26-15-6-4-5-7-16(15)30-2/h4-10H,3,12H2,1-2H3,(H,26,29)(H4,24,25,27,28). The lowest BCUT2D eigenvalue weighted by molar-refractivity contribution is -0.118. The molecule has 0 aliphatic heterocycles. The van der Waals surface area contributed by atoms with Crippen molar-refractivity contribution < 1.29 is 19.0 Å². The quantitative estimate of drug-likeness (QED) is 0.484. The van der Waals surface area contributed by atoms with Crippen LogP contribution in [-0.4, -0.2) is 36.2 Å². The van der Waals surface area contributed by atoms with Gasteiger partial charge < -0.3 is 31.0 Å². The molecule has 0 atom stereocenters. The van der Waals surface area contributed by atoms with Gasteiger partial charge in [0.05, 0.1) is 25.1 Å². The first kappa shape index (κ1) is 22.2. The van der Waals surface area contributed by atoms with E-state index in [4.69, 9.17) is 25.7 Å². The van der Waals surface area contributed by atoms with Gasteiger partial charge >= 0.3 is 0 Å². The Labute approximate surface area is 184 Å². The fourth-order valence-corrected chi connectivity index (χ4v) is 2.94. The molecule has 3 aromatic rings. The number of aromatic nitrogens is 2. The third-order valence-electron chi connectivity index (χ3n) is 4.32. The minimum Gasteiger partial charge on any atom is -0.495 e. The predicted molar refractivity (Wildman–Crippen MR) is 119 cm³/mol. The number of amides is 1. The van der Waals surface area contributed by atoms with Crippen molar-refractivity contribution in [1.82, 2.24) is 9.97 Å². The van der Waals surface area contributed by atoms with Gasteiger partial charge in [0, 0.05) is 5.56 Å². The Kier molecular flexibility index (Phi) is 6.92. The molecule has 1 amide bonds. The zero-order chi connectivity index (χ0) is 23.1. The molecule has 164 valence electrons. The summed E-state index contributed by atoms with van der Waals surface area (Å²) in [6, 6.07) is 14.0. The highest BCUT2D eigenvalue weighted by Gasteiger charge is 2.17. The summed E-state index contributed by atoms with van der Waals surface area (Å²) in [5.74, 6) is 0.819. The lowest BCUT2D eigenvalue weighted by Gasteiger charge is -2.14. The topological polar surface area (TPSA) is 158 Å². The van der Waals surface area contributed by atoms with Crippen LogP contribution in [0.2, 0.25) is 0 Å². The number of hydrogen-bond acceptors (Lipinski definition) is 9. The number of rotatable bonds is 8. The van der Waals surface area contributed by atoms with Crippen LogP contribution in [0.5, 0.6) is 17.2 Å². The van der Waals surface area contributed by atoms with Gasteiger partial charge in [-0.2, -0.15) is 10.2 Å². The number of para-hydroxylation sites is 2. The second-order valence-corrected chi connectivity index (χ2v) is 6.43. The van der Waals surface area contributed by atoms with Gasteiger partial charge in [0.2, 0.25) is 5.95 Å². The van der Waals surface area contributed by atoms with Gasteiger partial charge in [-0.3, -0.25) is 4.79 Å². The summed E-state index contributed by atoms with van der Waals surface area (Å²) < 4.78 is 16.5. The van der Waals surface area contributed by atoms with Crippen molar-refractivity contribution >= 4 is 23.4 Å². The summed E-state index contributed by atoms with van der Waals surface area (Å²) in [5, 5.41) is 12.2. The summed E-state index contributed by atoms with van der Waals surface area (Å²) in [6.45, 7) is 1.91. The van der Waals surface area contributed by atoms with Crippen molar-refractivity contribution in [1.29, 1.82) is 5.26 Å². The van der Waals surface area contributed by atoms with Gasteiger partial charge in [-0.15, -0.1) is 0 Å². The van der Waals surface area contributed by atoms with Crippen molar-refractivity contribution in [2.45, 2.75) is 6.92 Å². The molecule has 5 N–H and O–H groups in total. The zero-order valence-electron chi connectivity index (χ0n) is 17.6. The van der Waals surface area contributed by atoms with Crippen molar-refractivity contribution in [2.75, 3.05) is 37.1 Å². The number of nitrogens with one attached hydrogen (secondary N) is 1. The molecule has 0 aliphatic carbocycles. The fraction of sp³-hybridized carbons (Fsp3) is 0.182. The van der Waals surface area contributed by atoms with Crippen molar-refractivity contribution in [3.8, 4) is 34.6 Å². The molecule has 0 saturated carbocycles. The van der Waals surface area contributed by atoms with E-state index in [2.05, 4.69) is 15.3 Å². The number of carbonyl (C=O) groups is 1. The molecule has 2 aromatic carbocycles. The summed E-state index contributed by atoms with van der Waals surface area (Å²) in [7, 11) is 1.52. The molecule has 1 heterocycles. The van der Waals surface area contributed by atoms with E-state index in [-0.39, 0.29) is 35.5 Å². The SMILES string of the molecule is CCOc1cc(-c2nc(N)nc(N)c2C#N)ccc1OCC(=O)Nc1ccccc1OC. The Balaban J connectivity index is 1.81. The van der Waals surface area contributed by atoms with Crippen LogP contribution in [0.15, 0.2) is 42.5 Å². The number of ether oxygens (including phenoxy) is 3. The van der Waals surface area contributed by atoms with Gasteiger partial charge in [-0.1, -0.05) is 12.1 Å². The molecule has 3 rings (SSSR count). The molecule has 10 nitrogen and oxygen atoms in total. The molecule has 0 saturated heterocycles. The highest BCUT2D eigenvalue weighted by Crippen LogP contribution is 2.34. The van der Waals surface area contributed by atoms with E-state index in [9.17, 15) is 10.1 Å². The molecule has 0 bridgehead atoms. The molecule has 0 unspecified atom stereocenters. The van der Waals surface area contributed by atoms with Gasteiger partial charge in [0.1, 0.15) is 23.2 Å². The Morgan fingerprint density at radius 2 is 1.88 bits per heavy atom. The second kappa shape index (κ2) is 9.99. The van der Waals surface area contributed by atoms with E-state index in [1.807, 2.05) is 13.0 Å². The number of methoxy groups -OCH3 is 1. The number of anilines is 3. The van der Waals surface area contributed by atoms with Crippen LogP contribution >= 0.6 is 0 Å². The van der Waals surface area contributed by atoms with Crippen molar-refractivity contribution in [2.24, 2.45) is 0 Å². The average molecular weight is 434 g/mol. The van der Waals surface area contributed by atoms with Crippen LogP contribution in [0, 0.1) is 11.3 Å². The van der Waals surface area contributed by atoms with E-state index in [0.29, 0.717) is 35.1 Å². The Hall–Kier alpha value is -4.52. The number of hydrogen-bond donors (Lipinski definition) is 3. The summed E-state index contributed by atoms with van der Waals surface area (Å²) >= 11 is 0. The first-order valence-electron chi connectivity index (χ1n) is 9.62. The van der Waals surface area contributed by atoms with Crippen LogP contribution in [0.25, 0.3) is 11.3 Å². The van der Waals surface area contributed by atoms with Crippen LogP contribution in [0.1, 0.15) is 12.5 Å². The maximum atomic E-state index is 12.4. The number of carbonyl (C=O) groups excluding carboxylic acids is 1. The summed E-state index contributed by atoms with van der Waals surface area (Å²) in [4.78, 5) is 20.3. The van der Waals surface area contributed by atoms with Gasteiger partial charge in [0.25, 0.3) is 5.91 Å². The van der Waals surface area contributed by atoms with E-state index >= 15 is 0 Å². The van der Waals surface area contributed by atoms with Gasteiger partial charge in [-0.05, 0) is 37.3 Å². The highest BCUT2D eigenvalue weighted by atomic mass is 16.5. The highest BCUT2D eigenvalue weighted by molar-refractivity contribution is 5.93. The maximum Gasteiger partial charge on any atom is 0.262 e. The third kappa shape index (κ3) is 4.96. The normalized spacial score (nSPS) is 10.2. The van der Waals surface area contributed by atoms with Crippen molar-refractivity contribution in [3.05, 3.63) is 48.0 Å². The number of nitrogens with zero attached hydrogens (tertiary/aromatic N) is 3. The van der Waals surface area contributed by atoms with E-state index in [1.54, 1.807) is 42.5 Å². The molecule has 1 aromatic heterocycles. The molecular formula is C22H22N6O4. The molecule has 0 radical (unpaired) electrons. The van der Waals surface area contributed by atoms with Crippen LogP contribution in [0.4, 0.5) is 17.5 Å². The van der Waals surface area contributed by atoms with Crippen molar-refractivity contribution in [3.63, 3.8) is 0 Å². The Bertz CT molecular complexity index is 1180. The van der Waals surface area contributed by atoms with Crippen LogP contribution in [-0.2, 0) is 4.79 Å². The van der Waals surface area contributed by atoms with Crippen LogP contribution < -0.4 is 31.0 Å². The smallest absolute Gasteiger partial charge is 0.262 e. The van der Waals surface area contributed by atoms with Gasteiger partial charge in [0.15, 0.2) is 18.1 Å². The summed E-state index contributed by atoms with van der Waals surface area (Å²) in [6.07, 6.45) is 0. The third-order valence-corrected chi connectivity index (χ3v) is 4.32. The number of nitrogens with two attached hydrogens (primary N) is 2. The maximum absolute atomic E-state index is 12.4. The van der Waals surface area contributed by atoms with E-state index in [0.717, 1.165) is 0 Å².